The molecule has 2 N–H and O–H groups in total. The van der Waals surface area contributed by atoms with Crippen molar-refractivity contribution in [1.82, 2.24) is 4.90 Å². The molecule has 1 aliphatic rings. The van der Waals surface area contributed by atoms with Crippen LogP contribution in [0.2, 0.25) is 0 Å². The Bertz CT molecular complexity index is 875. The second-order valence-corrected chi connectivity index (χ2v) is 7.04. The molecule has 0 spiro atoms. The number of nitrogens with zero attached hydrogens (tertiary/aromatic N) is 1. The highest BCUT2D eigenvalue weighted by Crippen LogP contribution is 2.34. The number of aryl methyl sites for hydroxylation is 1. The number of alkyl halides is 3. The highest BCUT2D eigenvalue weighted by atomic mass is 19.4. The molecular formula is C20H20F4N2O2. The van der Waals surface area contributed by atoms with Gasteiger partial charge in [0, 0.05) is 18.8 Å². The Morgan fingerprint density at radius 3 is 2.43 bits per heavy atom. The summed E-state index contributed by atoms with van der Waals surface area (Å²) in [6, 6.07) is 8.75. The predicted octanol–water partition coefficient (Wildman–Crippen LogP) is 4.67. The zero-order chi connectivity index (χ0) is 20.5. The monoisotopic (exact) mass is 396 g/mol. The van der Waals surface area contributed by atoms with Crippen LogP contribution in [-0.4, -0.2) is 29.1 Å². The summed E-state index contributed by atoms with van der Waals surface area (Å²) in [6.07, 6.45) is -4.13. The average Bonchev–Trinajstić information content (AvgIpc) is 2.61. The predicted molar refractivity (Wildman–Crippen MR) is 96.3 cm³/mol. The van der Waals surface area contributed by atoms with E-state index in [0.29, 0.717) is 25.0 Å². The van der Waals surface area contributed by atoms with Crippen molar-refractivity contribution >= 4 is 11.7 Å². The lowest BCUT2D eigenvalue weighted by molar-refractivity contribution is -0.137. The quantitative estimate of drug-likeness (QED) is 0.725. The fourth-order valence-electron chi connectivity index (χ4n) is 3.33. The van der Waals surface area contributed by atoms with Crippen LogP contribution in [0.25, 0.3) is 0 Å². The maximum Gasteiger partial charge on any atom is 0.416 e. The summed E-state index contributed by atoms with van der Waals surface area (Å²) < 4.78 is 51.9. The molecule has 0 aromatic heterocycles. The molecule has 3 rings (SSSR count). The van der Waals surface area contributed by atoms with Crippen molar-refractivity contribution in [3.8, 4) is 0 Å². The third-order valence-corrected chi connectivity index (χ3v) is 4.91. The molecule has 150 valence electrons. The van der Waals surface area contributed by atoms with Crippen molar-refractivity contribution in [2.75, 3.05) is 18.4 Å². The van der Waals surface area contributed by atoms with Crippen LogP contribution in [0, 0.1) is 12.7 Å². The number of rotatable bonds is 2. The third kappa shape index (κ3) is 4.44. The maximum atomic E-state index is 13.5. The Balaban J connectivity index is 1.67. The minimum atomic E-state index is -4.71. The highest BCUT2D eigenvalue weighted by Gasteiger charge is 2.36. The van der Waals surface area contributed by atoms with Crippen LogP contribution >= 0.6 is 0 Å². The summed E-state index contributed by atoms with van der Waals surface area (Å²) in [4.78, 5) is 13.8. The lowest BCUT2D eigenvalue weighted by Gasteiger charge is -2.38. The Morgan fingerprint density at radius 1 is 1.14 bits per heavy atom. The van der Waals surface area contributed by atoms with Gasteiger partial charge in [-0.3, -0.25) is 0 Å². The normalized spacial score (nSPS) is 16.7. The van der Waals surface area contributed by atoms with Gasteiger partial charge in [0.2, 0.25) is 0 Å². The van der Waals surface area contributed by atoms with Gasteiger partial charge in [-0.25, -0.2) is 9.18 Å². The number of benzene rings is 2. The first kappa shape index (κ1) is 20.1. The highest BCUT2D eigenvalue weighted by molar-refractivity contribution is 5.89. The molecule has 2 aromatic carbocycles. The molecule has 0 unspecified atom stereocenters. The fourth-order valence-corrected chi connectivity index (χ4v) is 3.33. The van der Waals surface area contributed by atoms with E-state index in [2.05, 4.69) is 5.32 Å². The van der Waals surface area contributed by atoms with Gasteiger partial charge >= 0.3 is 12.2 Å². The number of amides is 2. The van der Waals surface area contributed by atoms with E-state index in [9.17, 15) is 27.5 Å². The van der Waals surface area contributed by atoms with E-state index < -0.39 is 29.2 Å². The van der Waals surface area contributed by atoms with Gasteiger partial charge in [0.05, 0.1) is 11.2 Å². The number of hydrogen-bond acceptors (Lipinski definition) is 2. The lowest BCUT2D eigenvalue weighted by Crippen LogP contribution is -2.46. The Kier molecular flexibility index (Phi) is 5.34. The molecule has 1 heterocycles. The van der Waals surface area contributed by atoms with Crippen molar-refractivity contribution < 1.29 is 27.5 Å². The molecule has 0 atom stereocenters. The van der Waals surface area contributed by atoms with Gasteiger partial charge in [0.25, 0.3) is 0 Å². The molecule has 1 saturated heterocycles. The number of carbonyl (C=O) groups is 1. The van der Waals surface area contributed by atoms with E-state index in [1.54, 1.807) is 0 Å². The Labute approximate surface area is 159 Å². The molecule has 28 heavy (non-hydrogen) atoms. The van der Waals surface area contributed by atoms with Crippen molar-refractivity contribution in [2.24, 2.45) is 0 Å². The minimum absolute atomic E-state index is 0.220. The molecule has 8 heteroatoms. The van der Waals surface area contributed by atoms with Gasteiger partial charge in [-0.1, -0.05) is 29.8 Å². The van der Waals surface area contributed by atoms with Gasteiger partial charge in [0.15, 0.2) is 0 Å². The van der Waals surface area contributed by atoms with Crippen LogP contribution in [-0.2, 0) is 11.8 Å². The Morgan fingerprint density at radius 2 is 1.82 bits per heavy atom. The number of nitrogens with one attached hydrogen (secondary N) is 1. The van der Waals surface area contributed by atoms with Crippen LogP contribution in [0.15, 0.2) is 42.5 Å². The van der Waals surface area contributed by atoms with Crippen molar-refractivity contribution in [3.05, 3.63) is 65.0 Å². The number of piperidine rings is 1. The largest absolute Gasteiger partial charge is 0.416 e. The number of carbonyl (C=O) groups excluding carboxylic acids is 1. The summed E-state index contributed by atoms with van der Waals surface area (Å²) in [6.45, 7) is 2.36. The standard InChI is InChI=1S/C20H20F4N2O2/c1-13-3-2-4-14(9-13)19(28)5-7-26(8-6-19)18(27)25-17-11-15(20(22,23)24)10-16(21)12-17/h2-4,9-12,28H,5-8H2,1H3,(H,25,27). The number of likely N-dealkylation sites (tertiary alicyclic amines) is 1. The van der Waals surface area contributed by atoms with Crippen molar-refractivity contribution in [3.63, 3.8) is 0 Å². The van der Waals surface area contributed by atoms with E-state index >= 15 is 0 Å². The first-order valence-electron chi connectivity index (χ1n) is 8.80. The van der Waals surface area contributed by atoms with Crippen LogP contribution < -0.4 is 5.32 Å². The van der Waals surface area contributed by atoms with Crippen molar-refractivity contribution in [2.45, 2.75) is 31.5 Å². The molecule has 2 amide bonds. The molecule has 1 aliphatic heterocycles. The van der Waals surface area contributed by atoms with E-state index in [0.717, 1.165) is 17.2 Å². The number of hydrogen-bond donors (Lipinski definition) is 2. The SMILES string of the molecule is Cc1cccc(C2(O)CCN(C(=O)Nc3cc(F)cc(C(F)(F)F)c3)CC2)c1. The van der Waals surface area contributed by atoms with E-state index in [1.165, 1.54) is 4.90 Å². The van der Waals surface area contributed by atoms with Crippen LogP contribution in [0.1, 0.15) is 29.5 Å². The average molecular weight is 396 g/mol. The molecule has 0 aliphatic carbocycles. The lowest BCUT2D eigenvalue weighted by atomic mass is 9.84. The second-order valence-electron chi connectivity index (χ2n) is 7.04. The fraction of sp³-hybridized carbons (Fsp3) is 0.350. The third-order valence-electron chi connectivity index (χ3n) is 4.91. The number of aliphatic hydroxyl groups is 1. The summed E-state index contributed by atoms with van der Waals surface area (Å²) >= 11 is 0. The van der Waals surface area contributed by atoms with Gasteiger partial charge in [0.1, 0.15) is 5.82 Å². The second kappa shape index (κ2) is 7.43. The molecule has 4 nitrogen and oxygen atoms in total. The smallest absolute Gasteiger partial charge is 0.385 e. The summed E-state index contributed by atoms with van der Waals surface area (Å²) in [7, 11) is 0. The van der Waals surface area contributed by atoms with Gasteiger partial charge in [-0.2, -0.15) is 13.2 Å². The number of anilines is 1. The Hall–Kier alpha value is -2.61. The van der Waals surface area contributed by atoms with E-state index in [4.69, 9.17) is 0 Å². The van der Waals surface area contributed by atoms with E-state index in [1.807, 2.05) is 31.2 Å². The molecule has 0 bridgehead atoms. The van der Waals surface area contributed by atoms with Crippen molar-refractivity contribution in [1.29, 1.82) is 0 Å². The molecule has 0 radical (unpaired) electrons. The van der Waals surface area contributed by atoms with Crippen LogP contribution in [0.5, 0.6) is 0 Å². The van der Waals surface area contributed by atoms with Crippen LogP contribution in [0.3, 0.4) is 0 Å². The van der Waals surface area contributed by atoms with E-state index in [-0.39, 0.29) is 18.8 Å². The van der Waals surface area contributed by atoms with Crippen LogP contribution in [0.4, 0.5) is 28.0 Å². The minimum Gasteiger partial charge on any atom is -0.385 e. The first-order valence-corrected chi connectivity index (χ1v) is 8.80. The molecule has 1 fully saturated rings. The molecule has 0 saturated carbocycles. The zero-order valence-corrected chi connectivity index (χ0v) is 15.2. The topological polar surface area (TPSA) is 52.6 Å². The maximum absolute atomic E-state index is 13.5. The molecular weight excluding hydrogens is 376 g/mol. The van der Waals surface area contributed by atoms with Gasteiger partial charge < -0.3 is 15.3 Å². The number of urea groups is 1. The summed E-state index contributed by atoms with van der Waals surface area (Å²) in [5.74, 6) is -1.09. The molecule has 2 aromatic rings. The summed E-state index contributed by atoms with van der Waals surface area (Å²) in [5.41, 5.74) is -0.720. The van der Waals surface area contributed by atoms with Gasteiger partial charge in [-0.15, -0.1) is 0 Å². The summed E-state index contributed by atoms with van der Waals surface area (Å²) in [5, 5.41) is 13.2. The zero-order valence-electron chi connectivity index (χ0n) is 15.2. The van der Waals surface area contributed by atoms with Gasteiger partial charge in [-0.05, 0) is 43.5 Å². The number of halogens is 4. The first-order chi connectivity index (χ1) is 13.1.